The lowest BCUT2D eigenvalue weighted by molar-refractivity contribution is -0.140. The van der Waals surface area contributed by atoms with Gasteiger partial charge in [-0.2, -0.15) is 18.3 Å². The summed E-state index contributed by atoms with van der Waals surface area (Å²) >= 11 is 0. The van der Waals surface area contributed by atoms with Gasteiger partial charge in [0.25, 0.3) is 5.56 Å². The van der Waals surface area contributed by atoms with Crippen molar-refractivity contribution in [2.75, 3.05) is 0 Å². The highest BCUT2D eigenvalue weighted by Crippen LogP contribution is 2.34. The third-order valence-electron chi connectivity index (χ3n) is 4.73. The number of ether oxygens (including phenoxy) is 2. The van der Waals surface area contributed by atoms with E-state index in [1.165, 1.54) is 12.3 Å². The number of benzene rings is 1. The van der Waals surface area contributed by atoms with Crippen molar-refractivity contribution in [2.45, 2.75) is 37.8 Å². The molecule has 2 heterocycles. The summed E-state index contributed by atoms with van der Waals surface area (Å²) in [4.78, 5) is 15.2. The van der Waals surface area contributed by atoms with Crippen LogP contribution >= 0.6 is 0 Å². The van der Waals surface area contributed by atoms with Crippen LogP contribution in [-0.4, -0.2) is 22.3 Å². The van der Waals surface area contributed by atoms with Gasteiger partial charge >= 0.3 is 6.18 Å². The summed E-state index contributed by atoms with van der Waals surface area (Å²) in [6.07, 6.45) is -2.59. The molecule has 1 aliphatic carbocycles. The lowest BCUT2D eigenvalue weighted by Gasteiger charge is -2.35. The lowest BCUT2D eigenvalue weighted by atomic mass is 9.92. The van der Waals surface area contributed by atoms with Crippen molar-refractivity contribution in [3.63, 3.8) is 0 Å². The number of rotatable bonds is 6. The van der Waals surface area contributed by atoms with Gasteiger partial charge in [0.1, 0.15) is 11.9 Å². The molecule has 0 aliphatic heterocycles. The average molecular weight is 441 g/mol. The Kier molecular flexibility index (Phi) is 6.46. The summed E-state index contributed by atoms with van der Waals surface area (Å²) in [5.74, 6) is -0.0267. The van der Waals surface area contributed by atoms with E-state index in [1.54, 1.807) is 12.1 Å². The monoisotopic (exact) mass is 441 g/mol. The van der Waals surface area contributed by atoms with Gasteiger partial charge in [0.05, 0.1) is 24.3 Å². The van der Waals surface area contributed by atoms with E-state index in [1.807, 2.05) is 0 Å². The highest BCUT2D eigenvalue weighted by Gasteiger charge is 2.35. The molecule has 4 rings (SSSR count). The van der Waals surface area contributed by atoms with Gasteiger partial charge in [-0.25, -0.2) is 9.37 Å². The summed E-state index contributed by atoms with van der Waals surface area (Å²) in [6, 6.07) is 6.95. The predicted molar refractivity (Wildman–Crippen MR) is 101 cm³/mol. The first-order valence-corrected chi connectivity index (χ1v) is 9.07. The first-order valence-electron chi connectivity index (χ1n) is 9.07. The second kappa shape index (κ2) is 8.90. The fourth-order valence-corrected chi connectivity index (χ4v) is 3.11. The third-order valence-corrected chi connectivity index (χ3v) is 4.73. The summed E-state index contributed by atoms with van der Waals surface area (Å²) in [6.45, 7) is -0.335. The summed E-state index contributed by atoms with van der Waals surface area (Å²) < 4.78 is 68.5. The second-order valence-corrected chi connectivity index (χ2v) is 6.91. The van der Waals surface area contributed by atoms with E-state index in [9.17, 15) is 22.4 Å². The summed E-state index contributed by atoms with van der Waals surface area (Å²) in [5, 5.41) is 2.19. The zero-order chi connectivity index (χ0) is 21.3. The molecule has 0 unspecified atom stereocenters. The van der Waals surface area contributed by atoms with Crippen LogP contribution in [-0.2, 0) is 17.5 Å². The van der Waals surface area contributed by atoms with Gasteiger partial charge in [-0.05, 0) is 29.8 Å². The normalized spacial score (nSPS) is 18.2. The second-order valence-electron chi connectivity index (χ2n) is 6.91. The number of halogens is 4. The fraction of sp³-hybridized carbons (Fsp3) is 0.300. The average Bonchev–Trinajstić information content (AvgIpc) is 3.09. The van der Waals surface area contributed by atoms with Crippen LogP contribution in [0, 0.1) is 5.82 Å². The maximum Gasteiger partial charge on any atom is 0.416 e. The molecule has 0 bridgehead atoms. The third kappa shape index (κ3) is 5.30. The van der Waals surface area contributed by atoms with Crippen molar-refractivity contribution in [3.05, 3.63) is 69.9 Å². The Morgan fingerprint density at radius 1 is 1.13 bits per heavy atom. The number of aromatic amines is 1. The molecule has 4 N–H and O–H groups in total. The summed E-state index contributed by atoms with van der Waals surface area (Å²) in [7, 11) is 0. The largest absolute Gasteiger partial charge is 0.474 e. The van der Waals surface area contributed by atoms with Gasteiger partial charge in [0, 0.05) is 30.7 Å². The molecule has 0 atom stereocenters. The van der Waals surface area contributed by atoms with Gasteiger partial charge in [-0.3, -0.25) is 4.79 Å². The van der Waals surface area contributed by atoms with Crippen LogP contribution in [0.5, 0.6) is 5.88 Å². The smallest absolute Gasteiger partial charge is 0.416 e. The molecule has 1 aromatic carbocycles. The molecule has 0 saturated heterocycles. The molecule has 1 fully saturated rings. The minimum atomic E-state index is -4.57. The number of alkyl halides is 3. The number of hydrogen-bond donors (Lipinski definition) is 2. The number of aromatic nitrogens is 2. The Labute approximate surface area is 173 Å². The molecule has 166 valence electrons. The number of nitrogens with one attached hydrogen (secondary N) is 1. The quantitative estimate of drug-likeness (QED) is 0.546. The maximum atomic E-state index is 13.3. The van der Waals surface area contributed by atoms with E-state index < -0.39 is 17.6 Å². The molecular formula is C20H19F4N3O4. The number of hydrogen-bond acceptors (Lipinski definition) is 6. The van der Waals surface area contributed by atoms with Crippen LogP contribution in [0.4, 0.5) is 17.6 Å². The topological polar surface area (TPSA) is 112 Å². The fourth-order valence-electron chi connectivity index (χ4n) is 3.11. The minimum absolute atomic E-state index is 0. The molecule has 2 aromatic heterocycles. The summed E-state index contributed by atoms with van der Waals surface area (Å²) in [5.41, 5.74) is -0.892. The zero-order valence-corrected chi connectivity index (χ0v) is 16.1. The van der Waals surface area contributed by atoms with Crippen molar-refractivity contribution in [2.24, 2.45) is 0 Å². The first kappa shape index (κ1) is 22.5. The van der Waals surface area contributed by atoms with Crippen molar-refractivity contribution >= 4 is 0 Å². The van der Waals surface area contributed by atoms with Crippen LogP contribution in [0.3, 0.4) is 0 Å². The number of nitrogens with zero attached hydrogens (tertiary/aromatic N) is 1. The molecule has 0 amide bonds. The Hall–Kier alpha value is -3.18. The van der Waals surface area contributed by atoms with Gasteiger partial charge in [0.15, 0.2) is 5.76 Å². The zero-order valence-electron chi connectivity index (χ0n) is 16.1. The molecule has 0 radical (unpaired) electrons. The Morgan fingerprint density at radius 2 is 1.90 bits per heavy atom. The van der Waals surface area contributed by atoms with E-state index in [4.69, 9.17) is 14.0 Å². The molecule has 7 nitrogen and oxygen atoms in total. The molecule has 0 spiro atoms. The van der Waals surface area contributed by atoms with E-state index in [-0.39, 0.29) is 36.1 Å². The van der Waals surface area contributed by atoms with E-state index in [0.717, 1.165) is 12.1 Å². The maximum absolute atomic E-state index is 13.3. The van der Waals surface area contributed by atoms with Crippen molar-refractivity contribution < 1.29 is 31.6 Å². The van der Waals surface area contributed by atoms with Gasteiger partial charge < -0.3 is 20.1 Å². The highest BCUT2D eigenvalue weighted by molar-refractivity contribution is 5.55. The van der Waals surface area contributed by atoms with Gasteiger partial charge in [0.2, 0.25) is 5.88 Å². The molecular weight excluding hydrogens is 422 g/mol. The molecule has 11 heteroatoms. The van der Waals surface area contributed by atoms with Crippen molar-refractivity contribution in [1.82, 2.24) is 16.3 Å². The molecule has 1 saturated carbocycles. The van der Waals surface area contributed by atoms with E-state index >= 15 is 0 Å². The minimum Gasteiger partial charge on any atom is -0.474 e. The van der Waals surface area contributed by atoms with Crippen LogP contribution in [0.2, 0.25) is 0 Å². The van der Waals surface area contributed by atoms with Crippen LogP contribution < -0.4 is 16.4 Å². The standard InChI is InChI=1S/C20H16F4N2O4.H3N/c21-13-2-3-16(20(22,23)24)12(5-13)10-28-14-6-15(7-14)29-19-4-1-11(9-25-19)17-8-18(27)26-30-17;/h1-5,8-9,14-15H,6-7,10H2,(H,26,27);1H3. The van der Waals surface area contributed by atoms with Crippen LogP contribution in [0.15, 0.2) is 51.9 Å². The lowest BCUT2D eigenvalue weighted by Crippen LogP contribution is -2.39. The number of pyridine rings is 1. The molecule has 1 aliphatic rings. The van der Waals surface area contributed by atoms with Crippen LogP contribution in [0.1, 0.15) is 24.0 Å². The van der Waals surface area contributed by atoms with Crippen LogP contribution in [0.25, 0.3) is 11.3 Å². The van der Waals surface area contributed by atoms with Gasteiger partial charge in [-0.1, -0.05) is 0 Å². The molecule has 3 aromatic rings. The SMILES string of the molecule is N.O=c1cc(-c2ccc(OC3CC(OCc4cc(F)ccc4C(F)(F)F)C3)nc2)o[nH]1. The van der Waals surface area contributed by atoms with E-state index in [0.29, 0.717) is 36.1 Å². The highest BCUT2D eigenvalue weighted by atomic mass is 19.4. The van der Waals surface area contributed by atoms with Crippen molar-refractivity contribution in [1.29, 1.82) is 0 Å². The Balaban J connectivity index is 0.00000272. The van der Waals surface area contributed by atoms with E-state index in [2.05, 4.69) is 10.1 Å². The molecule has 31 heavy (non-hydrogen) atoms. The first-order chi connectivity index (χ1) is 14.3. The number of H-pyrrole nitrogens is 1. The Morgan fingerprint density at radius 3 is 2.52 bits per heavy atom. The Bertz CT molecular complexity index is 1070. The van der Waals surface area contributed by atoms with Gasteiger partial charge in [-0.15, -0.1) is 0 Å². The van der Waals surface area contributed by atoms with Crippen molar-refractivity contribution in [3.8, 4) is 17.2 Å². The predicted octanol–water partition coefficient (Wildman–Crippen LogP) is 4.48.